The van der Waals surface area contributed by atoms with Crippen molar-refractivity contribution in [3.05, 3.63) is 35.8 Å². The summed E-state index contributed by atoms with van der Waals surface area (Å²) in [4.78, 5) is 3.85. The van der Waals surface area contributed by atoms with Crippen molar-refractivity contribution in [1.29, 1.82) is 0 Å². The Hall–Kier alpha value is -1.62. The zero-order chi connectivity index (χ0) is 9.97. The molecule has 0 aliphatic carbocycles. The third-order valence-corrected chi connectivity index (χ3v) is 2.04. The second-order valence-electron chi connectivity index (χ2n) is 3.12. The van der Waals surface area contributed by atoms with Gasteiger partial charge in [-0.05, 0) is 18.6 Å². The third kappa shape index (κ3) is 1.67. The first-order valence-corrected chi connectivity index (χ1v) is 4.40. The normalized spacial score (nSPS) is 10.7. The van der Waals surface area contributed by atoms with Crippen molar-refractivity contribution in [2.75, 3.05) is 0 Å². The summed E-state index contributed by atoms with van der Waals surface area (Å²) in [6.45, 7) is 3.01. The minimum atomic E-state index is 0.434. The fraction of sp³-hybridized carbons (Fsp3) is 0.333. The van der Waals surface area contributed by atoms with Crippen molar-refractivity contribution >= 4 is 0 Å². The smallest absolute Gasteiger partial charge is 0.137 e. The van der Waals surface area contributed by atoms with Crippen molar-refractivity contribution in [1.82, 2.24) is 14.8 Å². The summed E-state index contributed by atoms with van der Waals surface area (Å²) in [6, 6.07) is 1.98. The molecule has 0 radical (unpaired) electrons. The van der Waals surface area contributed by atoms with Crippen LogP contribution in [0.15, 0.2) is 23.1 Å². The Morgan fingerprint density at radius 2 is 2.43 bits per heavy atom. The fourth-order valence-corrected chi connectivity index (χ4v) is 1.34. The molecule has 2 aromatic rings. The van der Waals surface area contributed by atoms with Crippen LogP contribution in [0.25, 0.3) is 0 Å². The number of nitrogens with two attached hydrogens (primary N) is 1. The molecule has 0 aliphatic heterocycles. The Balaban J connectivity index is 2.17. The van der Waals surface area contributed by atoms with E-state index in [0.717, 1.165) is 17.1 Å². The molecular formula is C9H12N4O. The van der Waals surface area contributed by atoms with E-state index in [1.54, 1.807) is 11.0 Å². The molecule has 0 bridgehead atoms. The highest BCUT2D eigenvalue weighted by Gasteiger charge is 2.06. The van der Waals surface area contributed by atoms with Crippen LogP contribution in [0, 0.1) is 6.92 Å². The molecule has 14 heavy (non-hydrogen) atoms. The monoisotopic (exact) mass is 192 g/mol. The molecule has 2 rings (SSSR count). The van der Waals surface area contributed by atoms with Crippen molar-refractivity contribution in [2.45, 2.75) is 20.0 Å². The molecule has 5 nitrogen and oxygen atoms in total. The summed E-state index contributed by atoms with van der Waals surface area (Å²) >= 11 is 0. The summed E-state index contributed by atoms with van der Waals surface area (Å²) in [7, 11) is 0. The van der Waals surface area contributed by atoms with Crippen LogP contribution in [0.5, 0.6) is 0 Å². The molecule has 0 saturated heterocycles. The van der Waals surface area contributed by atoms with E-state index in [9.17, 15) is 0 Å². The zero-order valence-electron chi connectivity index (χ0n) is 7.97. The second-order valence-corrected chi connectivity index (χ2v) is 3.12. The standard InChI is InChI=1S/C9H12N4O/c1-7-2-8(14-9(7)3-10)4-13-6-11-5-12-13/h2,5-6H,3-4,10H2,1H3. The number of rotatable bonds is 3. The average molecular weight is 192 g/mol. The van der Waals surface area contributed by atoms with Gasteiger partial charge in [0.05, 0.1) is 6.54 Å². The van der Waals surface area contributed by atoms with Gasteiger partial charge in [-0.15, -0.1) is 0 Å². The van der Waals surface area contributed by atoms with Gasteiger partial charge in [0.1, 0.15) is 30.7 Å². The van der Waals surface area contributed by atoms with Crippen molar-refractivity contribution in [2.24, 2.45) is 5.73 Å². The summed E-state index contributed by atoms with van der Waals surface area (Å²) in [5, 5.41) is 3.99. The lowest BCUT2D eigenvalue weighted by atomic mass is 10.2. The summed E-state index contributed by atoms with van der Waals surface area (Å²) < 4.78 is 7.23. The predicted molar refractivity (Wildman–Crippen MR) is 50.5 cm³/mol. The van der Waals surface area contributed by atoms with E-state index >= 15 is 0 Å². The number of hydrogen-bond donors (Lipinski definition) is 1. The minimum Gasteiger partial charge on any atom is -0.462 e. The van der Waals surface area contributed by atoms with Crippen LogP contribution in [-0.2, 0) is 13.1 Å². The lowest BCUT2D eigenvalue weighted by Crippen LogP contribution is -1.98. The Morgan fingerprint density at radius 3 is 3.00 bits per heavy atom. The average Bonchev–Trinajstić information content (AvgIpc) is 2.76. The highest BCUT2D eigenvalue weighted by Crippen LogP contribution is 2.14. The SMILES string of the molecule is Cc1cc(Cn2cncn2)oc1CN. The van der Waals surface area contributed by atoms with Crippen molar-refractivity contribution < 1.29 is 4.42 Å². The van der Waals surface area contributed by atoms with E-state index in [1.807, 2.05) is 13.0 Å². The Kier molecular flexibility index (Phi) is 2.32. The molecule has 0 saturated carbocycles. The number of furan rings is 1. The molecule has 0 spiro atoms. The van der Waals surface area contributed by atoms with Gasteiger partial charge in [-0.25, -0.2) is 9.67 Å². The lowest BCUT2D eigenvalue weighted by Gasteiger charge is -1.95. The molecule has 0 atom stereocenters. The van der Waals surface area contributed by atoms with Gasteiger partial charge < -0.3 is 10.2 Å². The number of aromatic nitrogens is 3. The van der Waals surface area contributed by atoms with E-state index in [1.165, 1.54) is 6.33 Å². The Labute approximate surface area is 81.5 Å². The molecule has 0 amide bonds. The number of aryl methyl sites for hydroxylation is 1. The van der Waals surface area contributed by atoms with Crippen LogP contribution in [0.2, 0.25) is 0 Å². The molecule has 0 unspecified atom stereocenters. The topological polar surface area (TPSA) is 69.9 Å². The van der Waals surface area contributed by atoms with Gasteiger partial charge >= 0.3 is 0 Å². The zero-order valence-corrected chi connectivity index (χ0v) is 7.97. The first-order chi connectivity index (χ1) is 6.79. The molecular weight excluding hydrogens is 180 g/mol. The maximum absolute atomic E-state index is 5.52. The molecule has 2 aromatic heterocycles. The van der Waals surface area contributed by atoms with Crippen LogP contribution < -0.4 is 5.73 Å². The fourth-order valence-electron chi connectivity index (χ4n) is 1.34. The summed E-state index contributed by atoms with van der Waals surface area (Å²) in [5.41, 5.74) is 6.59. The first-order valence-electron chi connectivity index (χ1n) is 4.40. The highest BCUT2D eigenvalue weighted by atomic mass is 16.3. The van der Waals surface area contributed by atoms with E-state index in [2.05, 4.69) is 10.1 Å². The van der Waals surface area contributed by atoms with Gasteiger partial charge in [0, 0.05) is 0 Å². The van der Waals surface area contributed by atoms with Crippen LogP contribution in [0.1, 0.15) is 17.1 Å². The van der Waals surface area contributed by atoms with Crippen molar-refractivity contribution in [3.8, 4) is 0 Å². The van der Waals surface area contributed by atoms with E-state index in [0.29, 0.717) is 13.1 Å². The Bertz CT molecular complexity index is 404. The molecule has 0 aliphatic rings. The second kappa shape index (κ2) is 3.63. The predicted octanol–water partition coefficient (Wildman–Crippen LogP) is 0.687. The van der Waals surface area contributed by atoms with Crippen LogP contribution in [-0.4, -0.2) is 14.8 Å². The molecule has 0 aromatic carbocycles. The van der Waals surface area contributed by atoms with Gasteiger partial charge in [-0.3, -0.25) is 0 Å². The van der Waals surface area contributed by atoms with Crippen LogP contribution in [0.4, 0.5) is 0 Å². The van der Waals surface area contributed by atoms with E-state index in [4.69, 9.17) is 10.2 Å². The lowest BCUT2D eigenvalue weighted by molar-refractivity contribution is 0.444. The molecule has 2 heterocycles. The Morgan fingerprint density at radius 1 is 1.57 bits per heavy atom. The minimum absolute atomic E-state index is 0.434. The first kappa shape index (κ1) is 8.96. The van der Waals surface area contributed by atoms with Gasteiger partial charge in [-0.2, -0.15) is 5.10 Å². The van der Waals surface area contributed by atoms with E-state index < -0.39 is 0 Å². The maximum atomic E-state index is 5.52. The molecule has 2 N–H and O–H groups in total. The van der Waals surface area contributed by atoms with E-state index in [-0.39, 0.29) is 0 Å². The molecule has 0 fully saturated rings. The van der Waals surface area contributed by atoms with Crippen LogP contribution >= 0.6 is 0 Å². The number of hydrogen-bond acceptors (Lipinski definition) is 4. The highest BCUT2D eigenvalue weighted by molar-refractivity contribution is 5.19. The number of nitrogens with zero attached hydrogens (tertiary/aromatic N) is 3. The summed E-state index contributed by atoms with van der Waals surface area (Å²) in [5.74, 6) is 1.69. The molecule has 74 valence electrons. The van der Waals surface area contributed by atoms with Gasteiger partial charge in [0.2, 0.25) is 0 Å². The quantitative estimate of drug-likeness (QED) is 0.776. The largest absolute Gasteiger partial charge is 0.462 e. The van der Waals surface area contributed by atoms with Crippen LogP contribution in [0.3, 0.4) is 0 Å². The molecule has 5 heteroatoms. The van der Waals surface area contributed by atoms with Gasteiger partial charge in [0.25, 0.3) is 0 Å². The summed E-state index contributed by atoms with van der Waals surface area (Å²) in [6.07, 6.45) is 3.15. The van der Waals surface area contributed by atoms with Gasteiger partial charge in [0.15, 0.2) is 0 Å². The maximum Gasteiger partial charge on any atom is 0.137 e. The third-order valence-electron chi connectivity index (χ3n) is 2.04. The van der Waals surface area contributed by atoms with Crippen molar-refractivity contribution in [3.63, 3.8) is 0 Å². The van der Waals surface area contributed by atoms with Gasteiger partial charge in [-0.1, -0.05) is 0 Å².